The van der Waals surface area contributed by atoms with E-state index in [1.807, 2.05) is 28.8 Å². The van der Waals surface area contributed by atoms with Gasteiger partial charge in [-0.15, -0.1) is 0 Å². The number of nitrogens with one attached hydrogen (secondary N) is 1. The molecule has 0 radical (unpaired) electrons. The molecule has 0 bridgehead atoms. The van der Waals surface area contributed by atoms with Gasteiger partial charge in [-0.05, 0) is 25.0 Å². The summed E-state index contributed by atoms with van der Waals surface area (Å²) in [5, 5.41) is 0. The third kappa shape index (κ3) is 2.67. The van der Waals surface area contributed by atoms with Crippen LogP contribution in [0.5, 0.6) is 0 Å². The monoisotopic (exact) mass is 392 g/mol. The topological polar surface area (TPSA) is 128 Å². The third-order valence-corrected chi connectivity index (χ3v) is 5.61. The first-order chi connectivity index (χ1) is 14.0. The second-order valence-electron chi connectivity index (χ2n) is 7.26. The van der Waals surface area contributed by atoms with Crippen LogP contribution in [0.4, 0.5) is 5.82 Å². The summed E-state index contributed by atoms with van der Waals surface area (Å²) >= 11 is 0. The summed E-state index contributed by atoms with van der Waals surface area (Å²) in [7, 11) is 1.71. The number of carbonyl (C=O) groups is 1. The average molecular weight is 392 g/mol. The lowest BCUT2D eigenvalue weighted by molar-refractivity contribution is 0.0988. The lowest BCUT2D eigenvalue weighted by atomic mass is 10.0. The van der Waals surface area contributed by atoms with Gasteiger partial charge in [0.15, 0.2) is 17.0 Å². The van der Waals surface area contributed by atoms with Gasteiger partial charge in [0.2, 0.25) is 5.82 Å². The quantitative estimate of drug-likeness (QED) is 0.534. The first-order valence-electron chi connectivity index (χ1n) is 9.46. The molecule has 148 valence electrons. The Morgan fingerprint density at radius 3 is 2.72 bits per heavy atom. The van der Waals surface area contributed by atoms with Crippen LogP contribution in [-0.2, 0) is 7.05 Å². The van der Waals surface area contributed by atoms with E-state index >= 15 is 0 Å². The number of nitrogens with zero attached hydrogens (tertiary/aromatic N) is 6. The maximum Gasteiger partial charge on any atom is 0.326 e. The van der Waals surface area contributed by atoms with Gasteiger partial charge in [-0.3, -0.25) is 9.36 Å². The number of imidazole rings is 2. The predicted octanol–water partition coefficient (Wildman–Crippen LogP) is 0.947. The highest BCUT2D eigenvalue weighted by Crippen LogP contribution is 2.30. The van der Waals surface area contributed by atoms with E-state index < -0.39 is 5.91 Å². The van der Waals surface area contributed by atoms with Gasteiger partial charge in [0.25, 0.3) is 5.91 Å². The fraction of sp³-hybridized carbons (Fsp3) is 0.316. The molecule has 4 aromatic rings. The number of piperidine rings is 1. The SMILES string of the molecule is Cn1c(C(N)=O)nc2c(N3CCC(n4c(=O)[nH]c5ccccc54)CC3)ncnc21. The van der Waals surface area contributed by atoms with Gasteiger partial charge in [0.05, 0.1) is 11.0 Å². The van der Waals surface area contributed by atoms with E-state index in [1.165, 1.54) is 6.33 Å². The highest BCUT2D eigenvalue weighted by molar-refractivity contribution is 5.95. The molecule has 1 fully saturated rings. The van der Waals surface area contributed by atoms with Crippen molar-refractivity contribution in [2.75, 3.05) is 18.0 Å². The van der Waals surface area contributed by atoms with Crippen LogP contribution in [0.2, 0.25) is 0 Å². The van der Waals surface area contributed by atoms with Crippen molar-refractivity contribution >= 4 is 33.9 Å². The Morgan fingerprint density at radius 2 is 1.97 bits per heavy atom. The lowest BCUT2D eigenvalue weighted by Gasteiger charge is -2.33. The number of hydrogen-bond acceptors (Lipinski definition) is 6. The van der Waals surface area contributed by atoms with Crippen molar-refractivity contribution in [3.8, 4) is 0 Å². The second-order valence-corrected chi connectivity index (χ2v) is 7.26. The maximum atomic E-state index is 12.5. The van der Waals surface area contributed by atoms with Gasteiger partial charge in [-0.1, -0.05) is 12.1 Å². The Hall–Kier alpha value is -3.69. The molecule has 1 saturated heterocycles. The van der Waals surface area contributed by atoms with Gasteiger partial charge >= 0.3 is 5.69 Å². The number of carbonyl (C=O) groups excluding carboxylic acids is 1. The molecule has 3 N–H and O–H groups in total. The summed E-state index contributed by atoms with van der Waals surface area (Å²) in [4.78, 5) is 42.2. The van der Waals surface area contributed by atoms with E-state index in [0.717, 1.165) is 23.9 Å². The number of primary amides is 1. The van der Waals surface area contributed by atoms with Crippen molar-refractivity contribution in [3.63, 3.8) is 0 Å². The van der Waals surface area contributed by atoms with Crippen LogP contribution in [0, 0.1) is 0 Å². The van der Waals surface area contributed by atoms with Gasteiger partial charge in [-0.25, -0.2) is 19.7 Å². The molecule has 0 unspecified atom stereocenters. The Balaban J connectivity index is 1.45. The summed E-state index contributed by atoms with van der Waals surface area (Å²) in [6, 6.07) is 7.84. The van der Waals surface area contributed by atoms with Crippen molar-refractivity contribution in [1.29, 1.82) is 0 Å². The normalized spacial score (nSPS) is 15.4. The van der Waals surface area contributed by atoms with Crippen LogP contribution in [0.3, 0.4) is 0 Å². The number of anilines is 1. The minimum atomic E-state index is -0.603. The summed E-state index contributed by atoms with van der Waals surface area (Å²) in [5.41, 5.74) is 8.25. The van der Waals surface area contributed by atoms with E-state index in [0.29, 0.717) is 30.1 Å². The Morgan fingerprint density at radius 1 is 1.21 bits per heavy atom. The number of aromatic nitrogens is 6. The molecule has 1 aromatic carbocycles. The molecule has 5 rings (SSSR count). The van der Waals surface area contributed by atoms with Crippen molar-refractivity contribution < 1.29 is 4.79 Å². The van der Waals surface area contributed by atoms with Crippen LogP contribution in [0.15, 0.2) is 35.4 Å². The molecule has 0 aliphatic carbocycles. The average Bonchev–Trinajstić information content (AvgIpc) is 3.24. The molecule has 29 heavy (non-hydrogen) atoms. The number of benzene rings is 1. The summed E-state index contributed by atoms with van der Waals surface area (Å²) in [5.74, 6) is 0.235. The molecule has 10 heteroatoms. The molecule has 4 heterocycles. The Labute approximate surface area is 165 Å². The van der Waals surface area contributed by atoms with E-state index in [9.17, 15) is 9.59 Å². The van der Waals surface area contributed by atoms with Gasteiger partial charge in [0.1, 0.15) is 6.33 Å². The van der Waals surface area contributed by atoms with Crippen molar-refractivity contribution in [2.45, 2.75) is 18.9 Å². The maximum absolute atomic E-state index is 12.5. The number of nitrogens with two attached hydrogens (primary N) is 1. The second kappa shape index (κ2) is 6.43. The molecule has 10 nitrogen and oxygen atoms in total. The van der Waals surface area contributed by atoms with Gasteiger partial charge in [0, 0.05) is 26.2 Å². The van der Waals surface area contributed by atoms with Crippen LogP contribution >= 0.6 is 0 Å². The predicted molar refractivity (Wildman–Crippen MR) is 108 cm³/mol. The lowest BCUT2D eigenvalue weighted by Crippen LogP contribution is -2.37. The Bertz CT molecular complexity index is 1290. The number of para-hydroxylation sites is 2. The molecule has 0 saturated carbocycles. The Kier molecular flexibility index (Phi) is 3.86. The summed E-state index contributed by atoms with van der Waals surface area (Å²) in [6.45, 7) is 1.43. The van der Waals surface area contributed by atoms with E-state index in [4.69, 9.17) is 5.73 Å². The fourth-order valence-corrected chi connectivity index (χ4v) is 4.21. The van der Waals surface area contributed by atoms with E-state index in [1.54, 1.807) is 11.6 Å². The molecule has 0 spiro atoms. The number of hydrogen-bond donors (Lipinski definition) is 2. The summed E-state index contributed by atoms with van der Waals surface area (Å²) in [6.07, 6.45) is 3.06. The molecular formula is C19H20N8O2. The molecule has 1 aliphatic rings. The zero-order chi connectivity index (χ0) is 20.1. The largest absolute Gasteiger partial charge is 0.363 e. The number of aromatic amines is 1. The smallest absolute Gasteiger partial charge is 0.326 e. The van der Waals surface area contributed by atoms with Crippen LogP contribution in [0.1, 0.15) is 29.5 Å². The molecule has 3 aromatic heterocycles. The third-order valence-electron chi connectivity index (χ3n) is 5.61. The highest BCUT2D eigenvalue weighted by Gasteiger charge is 2.27. The van der Waals surface area contributed by atoms with Crippen molar-refractivity contribution in [3.05, 3.63) is 46.9 Å². The molecule has 0 atom stereocenters. The van der Waals surface area contributed by atoms with Crippen LogP contribution < -0.4 is 16.3 Å². The minimum Gasteiger partial charge on any atom is -0.363 e. The fourth-order valence-electron chi connectivity index (χ4n) is 4.21. The van der Waals surface area contributed by atoms with Crippen LogP contribution in [0.25, 0.3) is 22.2 Å². The summed E-state index contributed by atoms with van der Waals surface area (Å²) < 4.78 is 3.44. The van der Waals surface area contributed by atoms with Crippen LogP contribution in [-0.4, -0.2) is 48.1 Å². The van der Waals surface area contributed by atoms with Gasteiger partial charge in [-0.2, -0.15) is 0 Å². The first-order valence-corrected chi connectivity index (χ1v) is 9.46. The number of amides is 1. The number of aryl methyl sites for hydroxylation is 1. The number of fused-ring (bicyclic) bond motifs is 2. The zero-order valence-corrected chi connectivity index (χ0v) is 15.9. The zero-order valence-electron chi connectivity index (χ0n) is 15.9. The highest BCUT2D eigenvalue weighted by atomic mass is 16.1. The first kappa shape index (κ1) is 17.4. The van der Waals surface area contributed by atoms with Gasteiger partial charge < -0.3 is 20.2 Å². The number of rotatable bonds is 3. The molecular weight excluding hydrogens is 372 g/mol. The van der Waals surface area contributed by atoms with E-state index in [2.05, 4.69) is 24.8 Å². The standard InChI is InChI=1S/C19H20N8O2/c1-25-16-14(24-18(25)15(20)28)17(22-10-21-16)26-8-6-11(7-9-26)27-13-5-3-2-4-12(13)23-19(27)29/h2-5,10-11H,6-9H2,1H3,(H2,20,28)(H,23,29). The van der Waals surface area contributed by atoms with E-state index in [-0.39, 0.29) is 17.6 Å². The molecule has 1 amide bonds. The molecule has 1 aliphatic heterocycles. The van der Waals surface area contributed by atoms with Crippen molar-refractivity contribution in [1.82, 2.24) is 29.1 Å². The van der Waals surface area contributed by atoms with Crippen molar-refractivity contribution in [2.24, 2.45) is 12.8 Å². The minimum absolute atomic E-state index is 0.0788. The number of H-pyrrole nitrogens is 1.